The van der Waals surface area contributed by atoms with Gasteiger partial charge in [0.25, 0.3) is 0 Å². The Labute approximate surface area is 122 Å². The second-order valence-corrected chi connectivity index (χ2v) is 5.89. The first-order valence-electron chi connectivity index (χ1n) is 7.44. The van der Waals surface area contributed by atoms with E-state index in [0.29, 0.717) is 6.04 Å². The number of halogens is 1. The first-order chi connectivity index (χ1) is 9.22. The fourth-order valence-electron chi connectivity index (χ4n) is 2.94. The molecule has 0 aromatic heterocycles. The molecular weight excluding hydrogens is 256 g/mol. The summed E-state index contributed by atoms with van der Waals surface area (Å²) in [4.78, 5) is 2.44. The molecule has 0 saturated heterocycles. The van der Waals surface area contributed by atoms with Crippen LogP contribution in [-0.2, 0) is 6.54 Å². The van der Waals surface area contributed by atoms with E-state index < -0.39 is 0 Å². The van der Waals surface area contributed by atoms with E-state index in [2.05, 4.69) is 36.3 Å². The molecule has 0 unspecified atom stereocenters. The van der Waals surface area contributed by atoms with Gasteiger partial charge < -0.3 is 10.2 Å². The van der Waals surface area contributed by atoms with Gasteiger partial charge in [-0.25, -0.2) is 0 Å². The summed E-state index contributed by atoms with van der Waals surface area (Å²) in [5.41, 5.74) is 2.64. The van der Waals surface area contributed by atoms with Crippen LogP contribution in [0.3, 0.4) is 0 Å². The topological polar surface area (TPSA) is 15.3 Å². The average molecular weight is 281 g/mol. The quantitative estimate of drug-likeness (QED) is 0.869. The van der Waals surface area contributed by atoms with E-state index >= 15 is 0 Å². The van der Waals surface area contributed by atoms with E-state index in [1.807, 2.05) is 6.07 Å². The first kappa shape index (κ1) is 14.7. The molecule has 0 radical (unpaired) electrons. The Kier molecular flexibility index (Phi) is 5.53. The average Bonchev–Trinajstić information content (AvgIpc) is 2.46. The van der Waals surface area contributed by atoms with Crippen molar-refractivity contribution in [3.05, 3.63) is 28.8 Å². The molecule has 3 heteroatoms. The minimum absolute atomic E-state index is 0.674. The second kappa shape index (κ2) is 7.16. The molecule has 2 rings (SSSR count). The van der Waals surface area contributed by atoms with Crippen molar-refractivity contribution in [2.24, 2.45) is 0 Å². The largest absolute Gasteiger partial charge is 0.371 e. The summed E-state index contributed by atoms with van der Waals surface area (Å²) in [5.74, 6) is 0. The molecule has 0 atom stereocenters. The molecule has 0 heterocycles. The molecule has 0 bridgehead atoms. The van der Waals surface area contributed by atoms with Gasteiger partial charge in [-0.1, -0.05) is 43.9 Å². The lowest BCUT2D eigenvalue weighted by molar-refractivity contribution is 0.427. The lowest BCUT2D eigenvalue weighted by Crippen LogP contribution is -2.34. The van der Waals surface area contributed by atoms with Crippen LogP contribution >= 0.6 is 11.6 Å². The molecule has 0 spiro atoms. The van der Waals surface area contributed by atoms with Crippen LogP contribution in [-0.4, -0.2) is 19.6 Å². The molecule has 106 valence electrons. The summed E-state index contributed by atoms with van der Waals surface area (Å²) in [6, 6.07) is 6.93. The summed E-state index contributed by atoms with van der Waals surface area (Å²) in [6.07, 6.45) is 6.73. The highest BCUT2D eigenvalue weighted by Crippen LogP contribution is 2.30. The van der Waals surface area contributed by atoms with Gasteiger partial charge in [0.05, 0.1) is 0 Å². The smallest absolute Gasteiger partial charge is 0.0426 e. The van der Waals surface area contributed by atoms with Gasteiger partial charge in [-0.05, 0) is 37.1 Å². The maximum atomic E-state index is 6.19. The Hall–Kier alpha value is -0.730. The van der Waals surface area contributed by atoms with Crippen molar-refractivity contribution >= 4 is 17.3 Å². The fraction of sp³-hybridized carbons (Fsp3) is 0.625. The Bertz CT molecular complexity index is 400. The van der Waals surface area contributed by atoms with Crippen LogP contribution in [0.5, 0.6) is 0 Å². The van der Waals surface area contributed by atoms with Crippen LogP contribution < -0.4 is 10.2 Å². The van der Waals surface area contributed by atoms with Gasteiger partial charge in [-0.15, -0.1) is 0 Å². The number of benzene rings is 1. The molecule has 1 fully saturated rings. The van der Waals surface area contributed by atoms with E-state index in [-0.39, 0.29) is 0 Å². The molecule has 1 aromatic rings. The summed E-state index contributed by atoms with van der Waals surface area (Å²) in [6.45, 7) is 4.05. The van der Waals surface area contributed by atoms with Crippen LogP contribution in [0.4, 0.5) is 5.69 Å². The normalized spacial score (nSPS) is 16.6. The molecule has 19 heavy (non-hydrogen) atoms. The number of nitrogens with one attached hydrogen (secondary N) is 1. The third-order valence-electron chi connectivity index (χ3n) is 4.12. The van der Waals surface area contributed by atoms with Gasteiger partial charge >= 0.3 is 0 Å². The van der Waals surface area contributed by atoms with Gasteiger partial charge in [-0.3, -0.25) is 0 Å². The summed E-state index contributed by atoms with van der Waals surface area (Å²) in [5, 5.41) is 4.24. The third-order valence-corrected chi connectivity index (χ3v) is 4.35. The van der Waals surface area contributed by atoms with Crippen LogP contribution in [0, 0.1) is 0 Å². The highest BCUT2D eigenvalue weighted by molar-refractivity contribution is 6.30. The van der Waals surface area contributed by atoms with Crippen molar-refractivity contribution in [1.82, 2.24) is 5.32 Å². The predicted molar refractivity (Wildman–Crippen MR) is 84.1 cm³/mol. The zero-order valence-electron chi connectivity index (χ0n) is 12.1. The zero-order chi connectivity index (χ0) is 13.7. The summed E-state index contributed by atoms with van der Waals surface area (Å²) < 4.78 is 0. The summed E-state index contributed by atoms with van der Waals surface area (Å²) in [7, 11) is 2.22. The monoisotopic (exact) mass is 280 g/mol. The van der Waals surface area contributed by atoms with Gasteiger partial charge in [0.2, 0.25) is 0 Å². The number of rotatable bonds is 5. The maximum Gasteiger partial charge on any atom is 0.0426 e. The molecule has 1 aliphatic rings. The molecule has 1 saturated carbocycles. The number of nitrogens with zero attached hydrogens (tertiary/aromatic N) is 1. The second-order valence-electron chi connectivity index (χ2n) is 5.46. The van der Waals surface area contributed by atoms with E-state index in [9.17, 15) is 0 Å². The lowest BCUT2D eigenvalue weighted by atomic mass is 9.94. The number of hydrogen-bond acceptors (Lipinski definition) is 2. The highest BCUT2D eigenvalue weighted by Gasteiger charge is 2.20. The van der Waals surface area contributed by atoms with Gasteiger partial charge in [0.1, 0.15) is 0 Å². The van der Waals surface area contributed by atoms with Crippen LogP contribution in [0.2, 0.25) is 5.02 Å². The first-order valence-corrected chi connectivity index (χ1v) is 7.82. The molecule has 0 aliphatic heterocycles. The van der Waals surface area contributed by atoms with Gasteiger partial charge in [-0.2, -0.15) is 0 Å². The molecular formula is C16H25ClN2. The van der Waals surface area contributed by atoms with E-state index in [1.165, 1.54) is 43.4 Å². The Morgan fingerprint density at radius 2 is 2.00 bits per heavy atom. The maximum absolute atomic E-state index is 6.19. The molecule has 1 aliphatic carbocycles. The van der Waals surface area contributed by atoms with Crippen molar-refractivity contribution in [2.45, 2.75) is 51.6 Å². The van der Waals surface area contributed by atoms with Gasteiger partial charge in [0.15, 0.2) is 0 Å². The van der Waals surface area contributed by atoms with Crippen molar-refractivity contribution in [3.63, 3.8) is 0 Å². The molecule has 2 nitrogen and oxygen atoms in total. The van der Waals surface area contributed by atoms with E-state index in [0.717, 1.165) is 18.1 Å². The standard InChI is InChI=1S/C16H25ClN2/c1-3-18-12-13-9-10-14(17)11-16(13)19(2)15-7-5-4-6-8-15/h9-11,15,18H,3-8,12H2,1-2H3. The van der Waals surface area contributed by atoms with Crippen LogP contribution in [0.1, 0.15) is 44.6 Å². The fourth-order valence-corrected chi connectivity index (χ4v) is 3.11. The van der Waals surface area contributed by atoms with Crippen LogP contribution in [0.15, 0.2) is 18.2 Å². The molecule has 1 N–H and O–H groups in total. The Morgan fingerprint density at radius 1 is 1.26 bits per heavy atom. The molecule has 0 amide bonds. The van der Waals surface area contributed by atoms with Crippen molar-refractivity contribution in [2.75, 3.05) is 18.5 Å². The third kappa shape index (κ3) is 3.87. The van der Waals surface area contributed by atoms with Crippen molar-refractivity contribution in [1.29, 1.82) is 0 Å². The number of hydrogen-bond donors (Lipinski definition) is 1. The number of anilines is 1. The molecule has 1 aromatic carbocycles. The van der Waals surface area contributed by atoms with Crippen molar-refractivity contribution < 1.29 is 0 Å². The van der Waals surface area contributed by atoms with Crippen LogP contribution in [0.25, 0.3) is 0 Å². The lowest BCUT2D eigenvalue weighted by Gasteiger charge is -2.34. The minimum atomic E-state index is 0.674. The Balaban J connectivity index is 2.17. The summed E-state index contributed by atoms with van der Waals surface area (Å²) >= 11 is 6.19. The highest BCUT2D eigenvalue weighted by atomic mass is 35.5. The van der Waals surface area contributed by atoms with E-state index in [4.69, 9.17) is 11.6 Å². The van der Waals surface area contributed by atoms with Crippen molar-refractivity contribution in [3.8, 4) is 0 Å². The Morgan fingerprint density at radius 3 is 2.68 bits per heavy atom. The predicted octanol–water partition coefficient (Wildman–Crippen LogP) is 4.22. The SMILES string of the molecule is CCNCc1ccc(Cl)cc1N(C)C1CCCCC1. The minimum Gasteiger partial charge on any atom is -0.371 e. The zero-order valence-corrected chi connectivity index (χ0v) is 12.8. The van der Waals surface area contributed by atoms with Gasteiger partial charge in [0, 0.05) is 30.3 Å². The van der Waals surface area contributed by atoms with E-state index in [1.54, 1.807) is 0 Å².